The average molecular weight is 267 g/mol. The minimum Gasteiger partial charge on any atom is -0.508 e. The third-order valence-corrected chi connectivity index (χ3v) is 3.18. The number of nitrogens with one attached hydrogen (secondary N) is 1. The van der Waals surface area contributed by atoms with Crippen LogP contribution in [0.1, 0.15) is 16.7 Å². The summed E-state index contributed by atoms with van der Waals surface area (Å²) in [5, 5.41) is 12.0. The van der Waals surface area contributed by atoms with E-state index in [9.17, 15) is 9.90 Å². The van der Waals surface area contributed by atoms with E-state index in [0.717, 1.165) is 22.4 Å². The number of carbonyl (C=O) groups is 1. The number of aryl methyl sites for hydroxylation is 1. The van der Waals surface area contributed by atoms with Crippen LogP contribution in [-0.4, -0.2) is 11.0 Å². The summed E-state index contributed by atoms with van der Waals surface area (Å²) in [4.78, 5) is 11.9. The van der Waals surface area contributed by atoms with Crippen LogP contribution in [0.15, 0.2) is 48.5 Å². The Bertz CT molecular complexity index is 643. The van der Waals surface area contributed by atoms with Crippen molar-refractivity contribution >= 4 is 17.7 Å². The van der Waals surface area contributed by atoms with Gasteiger partial charge in [-0.3, -0.25) is 4.79 Å². The predicted molar refractivity (Wildman–Crippen MR) is 81.7 cm³/mol. The lowest BCUT2D eigenvalue weighted by Crippen LogP contribution is -2.09. The molecule has 0 aromatic heterocycles. The number of rotatable bonds is 3. The lowest BCUT2D eigenvalue weighted by molar-refractivity contribution is -0.111. The van der Waals surface area contributed by atoms with Gasteiger partial charge in [-0.15, -0.1) is 0 Å². The zero-order chi connectivity index (χ0) is 14.5. The highest BCUT2D eigenvalue weighted by Gasteiger charge is 2.02. The quantitative estimate of drug-likeness (QED) is 0.834. The fourth-order valence-electron chi connectivity index (χ4n) is 1.82. The van der Waals surface area contributed by atoms with Gasteiger partial charge in [-0.05, 0) is 54.8 Å². The third-order valence-electron chi connectivity index (χ3n) is 3.18. The molecule has 2 N–H and O–H groups in total. The zero-order valence-corrected chi connectivity index (χ0v) is 11.6. The summed E-state index contributed by atoms with van der Waals surface area (Å²) in [6, 6.07) is 12.5. The number of aromatic hydroxyl groups is 1. The molecule has 0 spiro atoms. The van der Waals surface area contributed by atoms with Crippen molar-refractivity contribution in [2.45, 2.75) is 13.8 Å². The molecular weight excluding hydrogens is 250 g/mol. The van der Waals surface area contributed by atoms with Crippen molar-refractivity contribution in [3.05, 3.63) is 65.2 Å². The van der Waals surface area contributed by atoms with E-state index >= 15 is 0 Å². The van der Waals surface area contributed by atoms with Crippen LogP contribution in [0.25, 0.3) is 6.08 Å². The molecular formula is C17H17NO2. The summed E-state index contributed by atoms with van der Waals surface area (Å²) in [6.45, 7) is 3.99. The summed E-state index contributed by atoms with van der Waals surface area (Å²) >= 11 is 0. The largest absolute Gasteiger partial charge is 0.508 e. The van der Waals surface area contributed by atoms with Crippen molar-refractivity contribution in [2.24, 2.45) is 0 Å². The Morgan fingerprint density at radius 3 is 2.50 bits per heavy atom. The van der Waals surface area contributed by atoms with Gasteiger partial charge in [-0.25, -0.2) is 0 Å². The molecule has 1 amide bonds. The molecule has 0 aliphatic rings. The Kier molecular flexibility index (Phi) is 4.20. The lowest BCUT2D eigenvalue weighted by atomic mass is 10.1. The highest BCUT2D eigenvalue weighted by Crippen LogP contribution is 2.18. The monoisotopic (exact) mass is 267 g/mol. The van der Waals surface area contributed by atoms with Gasteiger partial charge in [0.2, 0.25) is 5.91 Å². The standard InChI is InChI=1S/C17H17NO2/c1-12-4-3-5-16(13(12)2)18-17(20)11-8-14-6-9-15(19)10-7-14/h3-11,19H,1-2H3,(H,18,20)/b11-8+. The summed E-state index contributed by atoms with van der Waals surface area (Å²) in [7, 11) is 0. The maximum atomic E-state index is 11.9. The molecule has 102 valence electrons. The Morgan fingerprint density at radius 2 is 1.80 bits per heavy atom. The number of phenols is 1. The first kappa shape index (κ1) is 13.9. The molecule has 0 unspecified atom stereocenters. The summed E-state index contributed by atoms with van der Waals surface area (Å²) in [5.41, 5.74) is 3.90. The summed E-state index contributed by atoms with van der Waals surface area (Å²) in [5.74, 6) is 0.0359. The van der Waals surface area contributed by atoms with Crippen molar-refractivity contribution in [1.82, 2.24) is 0 Å². The van der Waals surface area contributed by atoms with Gasteiger partial charge in [0, 0.05) is 11.8 Å². The molecule has 0 bridgehead atoms. The van der Waals surface area contributed by atoms with Crippen LogP contribution < -0.4 is 5.32 Å². The second-order valence-corrected chi connectivity index (χ2v) is 4.66. The number of hydrogen-bond acceptors (Lipinski definition) is 2. The first-order chi connectivity index (χ1) is 9.56. The molecule has 0 radical (unpaired) electrons. The number of carbonyl (C=O) groups excluding carboxylic acids is 1. The third kappa shape index (κ3) is 3.48. The Balaban J connectivity index is 2.05. The van der Waals surface area contributed by atoms with E-state index in [4.69, 9.17) is 0 Å². The number of phenolic OH excluding ortho intramolecular Hbond substituents is 1. The van der Waals surface area contributed by atoms with Crippen LogP contribution in [0.5, 0.6) is 5.75 Å². The highest BCUT2D eigenvalue weighted by atomic mass is 16.3. The van der Waals surface area contributed by atoms with E-state index in [0.29, 0.717) is 0 Å². The van der Waals surface area contributed by atoms with Gasteiger partial charge >= 0.3 is 0 Å². The van der Waals surface area contributed by atoms with Gasteiger partial charge in [0.05, 0.1) is 0 Å². The van der Waals surface area contributed by atoms with Crippen LogP contribution in [-0.2, 0) is 4.79 Å². The second-order valence-electron chi connectivity index (χ2n) is 4.66. The maximum Gasteiger partial charge on any atom is 0.248 e. The molecule has 0 heterocycles. The maximum absolute atomic E-state index is 11.9. The molecule has 2 aromatic rings. The van der Waals surface area contributed by atoms with Gasteiger partial charge in [0.15, 0.2) is 0 Å². The van der Waals surface area contributed by atoms with E-state index in [2.05, 4.69) is 5.32 Å². The van der Waals surface area contributed by atoms with Crippen molar-refractivity contribution in [3.63, 3.8) is 0 Å². The molecule has 20 heavy (non-hydrogen) atoms. The normalized spacial score (nSPS) is 10.7. The van der Waals surface area contributed by atoms with Crippen LogP contribution in [0.3, 0.4) is 0 Å². The van der Waals surface area contributed by atoms with Crippen molar-refractivity contribution < 1.29 is 9.90 Å². The molecule has 3 heteroatoms. The van der Waals surface area contributed by atoms with Crippen molar-refractivity contribution in [1.29, 1.82) is 0 Å². The first-order valence-corrected chi connectivity index (χ1v) is 6.40. The fraction of sp³-hybridized carbons (Fsp3) is 0.118. The zero-order valence-electron chi connectivity index (χ0n) is 11.6. The molecule has 0 fully saturated rings. The van der Waals surface area contributed by atoms with Crippen molar-refractivity contribution in [3.8, 4) is 5.75 Å². The number of benzene rings is 2. The van der Waals surface area contributed by atoms with Crippen LogP contribution >= 0.6 is 0 Å². The highest BCUT2D eigenvalue weighted by molar-refractivity contribution is 6.02. The minimum absolute atomic E-state index is 0.174. The van der Waals surface area contributed by atoms with Crippen LogP contribution in [0.2, 0.25) is 0 Å². The van der Waals surface area contributed by atoms with Gasteiger partial charge in [0.25, 0.3) is 0 Å². The van der Waals surface area contributed by atoms with E-state index in [-0.39, 0.29) is 11.7 Å². The SMILES string of the molecule is Cc1cccc(NC(=O)/C=C/c2ccc(O)cc2)c1C. The van der Waals surface area contributed by atoms with Gasteiger partial charge in [-0.2, -0.15) is 0 Å². The average Bonchev–Trinajstić information content (AvgIpc) is 2.43. The molecule has 0 aliphatic heterocycles. The van der Waals surface area contributed by atoms with Gasteiger partial charge in [-0.1, -0.05) is 24.3 Å². The second kappa shape index (κ2) is 6.06. The van der Waals surface area contributed by atoms with Gasteiger partial charge in [0.1, 0.15) is 5.75 Å². The van der Waals surface area contributed by atoms with E-state index < -0.39 is 0 Å². The van der Waals surface area contributed by atoms with Crippen molar-refractivity contribution in [2.75, 3.05) is 5.32 Å². The smallest absolute Gasteiger partial charge is 0.248 e. The summed E-state index contributed by atoms with van der Waals surface area (Å²) < 4.78 is 0. The van der Waals surface area contributed by atoms with Crippen LogP contribution in [0, 0.1) is 13.8 Å². The fourth-order valence-corrected chi connectivity index (χ4v) is 1.82. The van der Waals surface area contributed by atoms with Gasteiger partial charge < -0.3 is 10.4 Å². The molecule has 0 aliphatic carbocycles. The van der Waals surface area contributed by atoms with E-state index in [1.165, 1.54) is 6.08 Å². The Morgan fingerprint density at radius 1 is 1.10 bits per heavy atom. The topological polar surface area (TPSA) is 49.3 Å². The number of anilines is 1. The molecule has 2 rings (SSSR count). The molecule has 0 atom stereocenters. The minimum atomic E-state index is -0.174. The number of hydrogen-bond donors (Lipinski definition) is 2. The molecule has 0 saturated carbocycles. The van der Waals surface area contributed by atoms with E-state index in [1.807, 2.05) is 32.0 Å². The van der Waals surface area contributed by atoms with E-state index in [1.54, 1.807) is 30.3 Å². The first-order valence-electron chi connectivity index (χ1n) is 6.40. The summed E-state index contributed by atoms with van der Waals surface area (Å²) in [6.07, 6.45) is 3.19. The van der Waals surface area contributed by atoms with Crippen LogP contribution in [0.4, 0.5) is 5.69 Å². The number of amides is 1. The molecule has 0 saturated heterocycles. The predicted octanol–water partition coefficient (Wildman–Crippen LogP) is 3.66. The Hall–Kier alpha value is -2.55. The molecule has 3 nitrogen and oxygen atoms in total. The molecule has 2 aromatic carbocycles. The lowest BCUT2D eigenvalue weighted by Gasteiger charge is -2.08. The Labute approximate surface area is 118 Å².